The number of fused-ring (bicyclic) bond motifs is 5. The van der Waals surface area contributed by atoms with Gasteiger partial charge in [0.05, 0.1) is 11.6 Å². The molecular formula is C22H29N. The maximum atomic E-state index is 9.16. The molecule has 0 spiro atoms. The predicted molar refractivity (Wildman–Crippen MR) is 94.2 cm³/mol. The van der Waals surface area contributed by atoms with E-state index < -0.39 is 0 Å². The molecule has 0 unspecified atom stereocenters. The van der Waals surface area contributed by atoms with Crippen molar-refractivity contribution in [1.29, 1.82) is 5.26 Å². The third-order valence-electron chi connectivity index (χ3n) is 7.77. The van der Waals surface area contributed by atoms with Gasteiger partial charge in [-0.05, 0) is 90.4 Å². The van der Waals surface area contributed by atoms with E-state index in [9.17, 15) is 0 Å². The maximum absolute atomic E-state index is 9.16. The van der Waals surface area contributed by atoms with Crippen molar-refractivity contribution in [1.82, 2.24) is 0 Å². The van der Waals surface area contributed by atoms with Gasteiger partial charge in [0.15, 0.2) is 0 Å². The fourth-order valence-electron chi connectivity index (χ4n) is 6.51. The van der Waals surface area contributed by atoms with Gasteiger partial charge in [-0.1, -0.05) is 33.3 Å². The minimum Gasteiger partial charge on any atom is -0.192 e. The number of benzene rings is 1. The van der Waals surface area contributed by atoms with Gasteiger partial charge in [0, 0.05) is 0 Å². The van der Waals surface area contributed by atoms with Crippen LogP contribution in [-0.4, -0.2) is 0 Å². The smallest absolute Gasteiger partial charge is 0.0991 e. The Kier molecular flexibility index (Phi) is 3.38. The summed E-state index contributed by atoms with van der Waals surface area (Å²) in [6.45, 7) is 7.50. The molecule has 2 saturated carbocycles. The van der Waals surface area contributed by atoms with E-state index >= 15 is 0 Å². The molecule has 122 valence electrons. The average Bonchev–Trinajstić information content (AvgIpc) is 2.85. The summed E-state index contributed by atoms with van der Waals surface area (Å²) in [5, 5.41) is 9.16. The first-order valence-electron chi connectivity index (χ1n) is 9.51. The standard InChI is InChI=1S/C22H29N/c1-4-21(2)12-20-19-8-6-16-11-15(13-23)5-7-17(16)18(19)9-10-22(20,3)14-21/h5,7,11,18-20H,4,6,8-10,12,14H2,1-3H3/t18-,19-,20+,21+,22-/m1/s1. The summed E-state index contributed by atoms with van der Waals surface area (Å²) in [4.78, 5) is 0. The van der Waals surface area contributed by atoms with Crippen LogP contribution >= 0.6 is 0 Å². The lowest BCUT2D eigenvalue weighted by atomic mass is 9.56. The number of nitriles is 1. The fraction of sp³-hybridized carbons (Fsp3) is 0.682. The van der Waals surface area contributed by atoms with Crippen molar-refractivity contribution in [3.05, 3.63) is 34.9 Å². The van der Waals surface area contributed by atoms with Crippen LogP contribution in [0.15, 0.2) is 18.2 Å². The largest absolute Gasteiger partial charge is 0.192 e. The Balaban J connectivity index is 1.68. The monoisotopic (exact) mass is 307 g/mol. The minimum atomic E-state index is 0.569. The van der Waals surface area contributed by atoms with E-state index in [1.165, 1.54) is 50.5 Å². The number of hydrogen-bond donors (Lipinski definition) is 0. The summed E-state index contributed by atoms with van der Waals surface area (Å²) in [6.07, 6.45) is 9.48. The zero-order chi connectivity index (χ0) is 16.2. The Morgan fingerprint density at radius 2 is 2.09 bits per heavy atom. The lowest BCUT2D eigenvalue weighted by molar-refractivity contribution is 0.0597. The topological polar surface area (TPSA) is 23.8 Å². The number of rotatable bonds is 1. The third-order valence-corrected chi connectivity index (χ3v) is 7.77. The molecule has 0 aliphatic heterocycles. The highest BCUT2D eigenvalue weighted by atomic mass is 14.6. The Bertz CT molecular complexity index is 669. The van der Waals surface area contributed by atoms with Crippen LogP contribution in [0.25, 0.3) is 0 Å². The molecule has 0 heterocycles. The van der Waals surface area contributed by atoms with E-state index in [0.717, 1.165) is 23.3 Å². The maximum Gasteiger partial charge on any atom is 0.0991 e. The van der Waals surface area contributed by atoms with Crippen LogP contribution in [0.4, 0.5) is 0 Å². The van der Waals surface area contributed by atoms with Crippen molar-refractivity contribution < 1.29 is 0 Å². The van der Waals surface area contributed by atoms with Crippen LogP contribution < -0.4 is 0 Å². The Labute approximate surface area is 141 Å². The molecule has 1 heteroatoms. The van der Waals surface area contributed by atoms with Crippen LogP contribution in [0.3, 0.4) is 0 Å². The summed E-state index contributed by atoms with van der Waals surface area (Å²) in [7, 11) is 0. The summed E-state index contributed by atoms with van der Waals surface area (Å²) in [5.41, 5.74) is 5.02. The summed E-state index contributed by atoms with van der Waals surface area (Å²) in [5.74, 6) is 2.54. The van der Waals surface area contributed by atoms with E-state index in [-0.39, 0.29) is 0 Å². The second-order valence-electron chi connectivity index (χ2n) is 9.18. The Morgan fingerprint density at radius 3 is 2.83 bits per heavy atom. The number of hydrogen-bond acceptors (Lipinski definition) is 1. The van der Waals surface area contributed by atoms with E-state index in [4.69, 9.17) is 5.26 Å². The van der Waals surface area contributed by atoms with Crippen molar-refractivity contribution in [3.63, 3.8) is 0 Å². The first-order chi connectivity index (χ1) is 11.0. The van der Waals surface area contributed by atoms with Gasteiger partial charge in [0.25, 0.3) is 0 Å². The highest BCUT2D eigenvalue weighted by Gasteiger charge is 2.55. The molecule has 1 aromatic carbocycles. The minimum absolute atomic E-state index is 0.569. The lowest BCUT2D eigenvalue weighted by Gasteiger charge is -2.49. The van der Waals surface area contributed by atoms with Crippen molar-refractivity contribution in [2.75, 3.05) is 0 Å². The van der Waals surface area contributed by atoms with Gasteiger partial charge in [-0.3, -0.25) is 0 Å². The van der Waals surface area contributed by atoms with Gasteiger partial charge in [-0.25, -0.2) is 0 Å². The Hall–Kier alpha value is -1.29. The van der Waals surface area contributed by atoms with E-state index in [2.05, 4.69) is 39.0 Å². The lowest BCUT2D eigenvalue weighted by Crippen LogP contribution is -2.39. The molecule has 0 N–H and O–H groups in total. The molecular weight excluding hydrogens is 278 g/mol. The summed E-state index contributed by atoms with van der Waals surface area (Å²) in [6, 6.07) is 8.79. The van der Waals surface area contributed by atoms with Gasteiger partial charge >= 0.3 is 0 Å². The normalized spacial score (nSPS) is 41.6. The van der Waals surface area contributed by atoms with Crippen molar-refractivity contribution >= 4 is 0 Å². The summed E-state index contributed by atoms with van der Waals surface area (Å²) >= 11 is 0. The molecule has 3 aliphatic rings. The van der Waals surface area contributed by atoms with Crippen LogP contribution in [0.1, 0.15) is 81.9 Å². The molecule has 2 fully saturated rings. The van der Waals surface area contributed by atoms with Crippen molar-refractivity contribution in [2.45, 2.75) is 71.6 Å². The molecule has 3 aliphatic carbocycles. The van der Waals surface area contributed by atoms with Gasteiger partial charge < -0.3 is 0 Å². The molecule has 23 heavy (non-hydrogen) atoms. The van der Waals surface area contributed by atoms with Gasteiger partial charge in [0.2, 0.25) is 0 Å². The van der Waals surface area contributed by atoms with Crippen LogP contribution in [-0.2, 0) is 6.42 Å². The van der Waals surface area contributed by atoms with Crippen molar-refractivity contribution in [2.24, 2.45) is 22.7 Å². The highest BCUT2D eigenvalue weighted by Crippen LogP contribution is 2.65. The average molecular weight is 307 g/mol. The molecule has 0 aromatic heterocycles. The van der Waals surface area contributed by atoms with Crippen LogP contribution in [0.2, 0.25) is 0 Å². The molecule has 1 nitrogen and oxygen atoms in total. The first kappa shape index (κ1) is 15.3. The van der Waals surface area contributed by atoms with Gasteiger partial charge in [0.1, 0.15) is 0 Å². The van der Waals surface area contributed by atoms with E-state index in [1.807, 2.05) is 6.07 Å². The zero-order valence-electron chi connectivity index (χ0n) is 14.9. The fourth-order valence-corrected chi connectivity index (χ4v) is 6.51. The van der Waals surface area contributed by atoms with E-state index in [0.29, 0.717) is 10.8 Å². The molecule has 5 atom stereocenters. The predicted octanol–water partition coefficient (Wildman–Crippen LogP) is 5.83. The van der Waals surface area contributed by atoms with Crippen LogP contribution in [0, 0.1) is 34.0 Å². The second kappa shape index (κ2) is 5.10. The first-order valence-corrected chi connectivity index (χ1v) is 9.51. The van der Waals surface area contributed by atoms with Crippen LogP contribution in [0.5, 0.6) is 0 Å². The van der Waals surface area contributed by atoms with Crippen molar-refractivity contribution in [3.8, 4) is 6.07 Å². The number of aryl methyl sites for hydroxylation is 1. The highest BCUT2D eigenvalue weighted by molar-refractivity contribution is 5.42. The summed E-state index contributed by atoms with van der Waals surface area (Å²) < 4.78 is 0. The number of nitrogens with zero attached hydrogens (tertiary/aromatic N) is 1. The molecule has 0 bridgehead atoms. The molecule has 0 saturated heterocycles. The van der Waals surface area contributed by atoms with E-state index in [1.54, 1.807) is 5.56 Å². The Morgan fingerprint density at radius 1 is 1.26 bits per heavy atom. The van der Waals surface area contributed by atoms with Gasteiger partial charge in [-0.2, -0.15) is 5.26 Å². The third kappa shape index (κ3) is 2.25. The molecule has 0 radical (unpaired) electrons. The SMILES string of the molecule is CC[C@@]1(C)C[C@H]2[C@@H]3CCc4cc(C#N)ccc4[C@H]3CC[C@]2(C)C1. The zero-order valence-corrected chi connectivity index (χ0v) is 14.9. The molecule has 1 aromatic rings. The second-order valence-corrected chi connectivity index (χ2v) is 9.18. The molecule has 0 amide bonds. The van der Waals surface area contributed by atoms with Gasteiger partial charge in [-0.15, -0.1) is 0 Å². The molecule has 4 rings (SSSR count). The quantitative estimate of drug-likeness (QED) is 0.640.